The van der Waals surface area contributed by atoms with Gasteiger partial charge in [-0.15, -0.1) is 11.3 Å². The summed E-state index contributed by atoms with van der Waals surface area (Å²) in [4.78, 5) is 6.84. The van der Waals surface area contributed by atoms with Gasteiger partial charge in [-0.1, -0.05) is 12.1 Å². The highest BCUT2D eigenvalue weighted by molar-refractivity contribution is 7.14. The highest BCUT2D eigenvalue weighted by Gasteiger charge is 2.20. The summed E-state index contributed by atoms with van der Waals surface area (Å²) in [6, 6.07) is 12.9. The topological polar surface area (TPSA) is 48.9 Å². The van der Waals surface area contributed by atoms with E-state index in [2.05, 4.69) is 64.0 Å². The third-order valence-electron chi connectivity index (χ3n) is 4.76. The molecule has 1 saturated heterocycles. The number of nitrogens with zero attached hydrogens (tertiary/aromatic N) is 2. The van der Waals surface area contributed by atoms with Gasteiger partial charge in [-0.3, -0.25) is 4.99 Å². The maximum Gasteiger partial charge on any atom is 0.191 e. The molecule has 2 N–H and O–H groups in total. The van der Waals surface area contributed by atoms with Crippen molar-refractivity contribution in [2.24, 2.45) is 4.99 Å². The number of ether oxygens (including phenoxy) is 1. The number of rotatable bonds is 6. The quantitative estimate of drug-likeness (QED) is 0.588. The number of benzene rings is 1. The number of hydrogen-bond acceptors (Lipinski definition) is 4. The van der Waals surface area contributed by atoms with Crippen LogP contribution in [-0.2, 0) is 0 Å². The molecular formula is C21H30N4OS. The molecule has 1 aliphatic heterocycles. The van der Waals surface area contributed by atoms with Gasteiger partial charge in [0.15, 0.2) is 5.96 Å². The number of hydrogen-bond donors (Lipinski definition) is 2. The minimum atomic E-state index is 0.0611. The van der Waals surface area contributed by atoms with Crippen LogP contribution in [0.15, 0.2) is 46.8 Å². The first-order chi connectivity index (χ1) is 13.1. The highest BCUT2D eigenvalue weighted by atomic mass is 32.1. The van der Waals surface area contributed by atoms with Crippen molar-refractivity contribution in [1.82, 2.24) is 10.6 Å². The van der Waals surface area contributed by atoms with Crippen LogP contribution >= 0.6 is 11.3 Å². The van der Waals surface area contributed by atoms with Crippen molar-refractivity contribution in [1.29, 1.82) is 0 Å². The molecule has 0 amide bonds. The lowest BCUT2D eigenvalue weighted by Gasteiger charge is -2.33. The SMILES string of the molecule is CN=C(NCC(C)Oc1cccc(C)c1)NC1CCN(c2cccs2)CC1. The second-order valence-electron chi connectivity index (χ2n) is 7.06. The molecule has 2 heterocycles. The molecule has 0 saturated carbocycles. The van der Waals surface area contributed by atoms with E-state index in [4.69, 9.17) is 4.74 Å². The summed E-state index contributed by atoms with van der Waals surface area (Å²) < 4.78 is 5.98. The fourth-order valence-corrected chi connectivity index (χ4v) is 4.07. The first kappa shape index (κ1) is 19.5. The maximum atomic E-state index is 5.98. The number of aliphatic imine (C=N–C) groups is 1. The van der Waals surface area contributed by atoms with E-state index in [1.165, 1.54) is 10.6 Å². The molecule has 1 unspecified atom stereocenters. The Bertz CT molecular complexity index is 724. The van der Waals surface area contributed by atoms with E-state index >= 15 is 0 Å². The van der Waals surface area contributed by atoms with Gasteiger partial charge in [0, 0.05) is 26.2 Å². The Morgan fingerprint density at radius 3 is 2.78 bits per heavy atom. The highest BCUT2D eigenvalue weighted by Crippen LogP contribution is 2.24. The number of aryl methyl sites for hydroxylation is 1. The zero-order valence-electron chi connectivity index (χ0n) is 16.4. The van der Waals surface area contributed by atoms with Gasteiger partial charge in [0.25, 0.3) is 0 Å². The van der Waals surface area contributed by atoms with Gasteiger partial charge in [-0.2, -0.15) is 0 Å². The Morgan fingerprint density at radius 1 is 1.30 bits per heavy atom. The molecule has 0 radical (unpaired) electrons. The van der Waals surface area contributed by atoms with Crippen molar-refractivity contribution in [3.63, 3.8) is 0 Å². The monoisotopic (exact) mass is 386 g/mol. The molecule has 1 fully saturated rings. The Hall–Kier alpha value is -2.21. The lowest BCUT2D eigenvalue weighted by atomic mass is 10.1. The summed E-state index contributed by atoms with van der Waals surface area (Å²) in [6.07, 6.45) is 2.30. The first-order valence-electron chi connectivity index (χ1n) is 9.63. The normalized spacial score (nSPS) is 16.9. The summed E-state index contributed by atoms with van der Waals surface area (Å²) in [6.45, 7) is 7.03. The van der Waals surface area contributed by atoms with Crippen LogP contribution in [0.2, 0.25) is 0 Å². The van der Waals surface area contributed by atoms with Crippen LogP contribution in [0.1, 0.15) is 25.3 Å². The molecule has 1 aromatic carbocycles. The smallest absolute Gasteiger partial charge is 0.191 e. The van der Waals surface area contributed by atoms with Crippen LogP contribution in [0.3, 0.4) is 0 Å². The van der Waals surface area contributed by atoms with Crippen molar-refractivity contribution in [3.05, 3.63) is 47.3 Å². The number of thiophene rings is 1. The van der Waals surface area contributed by atoms with Crippen molar-refractivity contribution in [2.45, 2.75) is 38.8 Å². The molecule has 3 rings (SSSR count). The molecule has 1 aromatic heterocycles. The summed E-state index contributed by atoms with van der Waals surface area (Å²) >= 11 is 1.82. The predicted octanol–water partition coefficient (Wildman–Crippen LogP) is 3.66. The van der Waals surface area contributed by atoms with Crippen molar-refractivity contribution in [3.8, 4) is 5.75 Å². The molecule has 6 heteroatoms. The zero-order valence-corrected chi connectivity index (χ0v) is 17.3. The van der Waals surface area contributed by atoms with E-state index in [0.29, 0.717) is 12.6 Å². The van der Waals surface area contributed by atoms with Gasteiger partial charge in [-0.25, -0.2) is 0 Å². The standard InChI is InChI=1S/C21H30N4OS/c1-16-6-4-7-19(14-16)26-17(2)15-23-21(22-3)24-18-9-11-25(12-10-18)20-8-5-13-27-20/h4-8,13-14,17-18H,9-12,15H2,1-3H3,(H2,22,23,24). The largest absolute Gasteiger partial charge is 0.489 e. The molecule has 0 spiro atoms. The van der Waals surface area contributed by atoms with E-state index in [9.17, 15) is 0 Å². The molecule has 146 valence electrons. The fraction of sp³-hybridized carbons (Fsp3) is 0.476. The van der Waals surface area contributed by atoms with Gasteiger partial charge in [0.2, 0.25) is 0 Å². The van der Waals surface area contributed by atoms with Crippen LogP contribution in [0.5, 0.6) is 5.75 Å². The summed E-state index contributed by atoms with van der Waals surface area (Å²) in [5, 5.41) is 10.5. The number of nitrogens with one attached hydrogen (secondary N) is 2. The minimum absolute atomic E-state index is 0.0611. The van der Waals surface area contributed by atoms with E-state index in [0.717, 1.165) is 37.6 Å². The van der Waals surface area contributed by atoms with Crippen molar-refractivity contribution >= 4 is 22.3 Å². The molecule has 0 bridgehead atoms. The molecule has 0 aliphatic carbocycles. The van der Waals surface area contributed by atoms with Gasteiger partial charge in [0.1, 0.15) is 11.9 Å². The summed E-state index contributed by atoms with van der Waals surface area (Å²) in [5.74, 6) is 1.76. The number of anilines is 1. The van der Waals surface area contributed by atoms with Crippen molar-refractivity contribution < 1.29 is 4.74 Å². The third-order valence-corrected chi connectivity index (χ3v) is 5.69. The lowest BCUT2D eigenvalue weighted by Crippen LogP contribution is -2.50. The summed E-state index contributed by atoms with van der Waals surface area (Å²) in [7, 11) is 1.82. The Kier molecular flexibility index (Phi) is 6.98. The molecular weight excluding hydrogens is 356 g/mol. The second-order valence-corrected chi connectivity index (χ2v) is 7.98. The average Bonchev–Trinajstić information content (AvgIpc) is 3.20. The summed E-state index contributed by atoms with van der Waals surface area (Å²) in [5.41, 5.74) is 1.21. The Labute approximate surface area is 166 Å². The molecule has 1 atom stereocenters. The fourth-order valence-electron chi connectivity index (χ4n) is 3.29. The third kappa shape index (κ3) is 5.89. The van der Waals surface area contributed by atoms with Crippen LogP contribution in [0.25, 0.3) is 0 Å². The van der Waals surface area contributed by atoms with Crippen molar-refractivity contribution in [2.75, 3.05) is 31.6 Å². The minimum Gasteiger partial charge on any atom is -0.489 e. The van der Waals surface area contributed by atoms with Crippen LogP contribution < -0.4 is 20.3 Å². The van der Waals surface area contributed by atoms with Gasteiger partial charge in [-0.05, 0) is 61.9 Å². The Morgan fingerprint density at radius 2 is 2.11 bits per heavy atom. The van der Waals surface area contributed by atoms with Gasteiger partial charge >= 0.3 is 0 Å². The second kappa shape index (κ2) is 9.65. The number of piperidine rings is 1. The average molecular weight is 387 g/mol. The molecule has 27 heavy (non-hydrogen) atoms. The van der Waals surface area contributed by atoms with E-state index < -0.39 is 0 Å². The molecule has 1 aliphatic rings. The van der Waals surface area contributed by atoms with Gasteiger partial charge in [0.05, 0.1) is 11.5 Å². The van der Waals surface area contributed by atoms with E-state index in [1.807, 2.05) is 30.5 Å². The Balaban J connectivity index is 1.40. The van der Waals surface area contributed by atoms with E-state index in [-0.39, 0.29) is 6.10 Å². The van der Waals surface area contributed by atoms with Crippen LogP contribution in [0, 0.1) is 6.92 Å². The number of guanidine groups is 1. The van der Waals surface area contributed by atoms with Crippen LogP contribution in [-0.4, -0.2) is 44.8 Å². The predicted molar refractivity (Wildman–Crippen MR) is 115 cm³/mol. The maximum absolute atomic E-state index is 5.98. The first-order valence-corrected chi connectivity index (χ1v) is 10.5. The lowest BCUT2D eigenvalue weighted by molar-refractivity contribution is 0.223. The van der Waals surface area contributed by atoms with E-state index in [1.54, 1.807) is 0 Å². The van der Waals surface area contributed by atoms with Gasteiger partial charge < -0.3 is 20.3 Å². The molecule has 5 nitrogen and oxygen atoms in total. The molecule has 2 aromatic rings. The zero-order chi connectivity index (χ0) is 19.1. The van der Waals surface area contributed by atoms with Crippen LogP contribution in [0.4, 0.5) is 5.00 Å².